The van der Waals surface area contributed by atoms with Crippen molar-refractivity contribution in [2.45, 2.75) is 6.42 Å². The summed E-state index contributed by atoms with van der Waals surface area (Å²) in [5, 5.41) is 4.99. The number of carbonyl (C=O) groups is 1. The number of nitrogens with one attached hydrogen (secondary N) is 1. The second-order valence-electron chi connectivity index (χ2n) is 6.73. The van der Waals surface area contributed by atoms with Crippen LogP contribution in [0.1, 0.15) is 10.4 Å². The van der Waals surface area contributed by atoms with Gasteiger partial charge in [0.15, 0.2) is 0 Å². The lowest BCUT2D eigenvalue weighted by atomic mass is 10.1. The third-order valence-corrected chi connectivity index (χ3v) is 5.50. The van der Waals surface area contributed by atoms with Crippen LogP contribution in [-0.2, 0) is 11.2 Å². The molecule has 30 heavy (non-hydrogen) atoms. The molecule has 4 rings (SSSR count). The molecule has 1 N–H and O–H groups in total. The van der Waals surface area contributed by atoms with Crippen LogP contribution >= 0.6 is 11.3 Å². The normalized spacial score (nSPS) is 11.1. The van der Waals surface area contributed by atoms with Gasteiger partial charge in [-0.1, -0.05) is 72.8 Å². The van der Waals surface area contributed by atoms with E-state index in [1.54, 1.807) is 11.3 Å². The largest absolute Gasteiger partial charge is 0.330 e. The van der Waals surface area contributed by atoms with Gasteiger partial charge in [-0.05, 0) is 41.3 Å². The van der Waals surface area contributed by atoms with Gasteiger partial charge in [-0.25, -0.2) is 0 Å². The highest BCUT2D eigenvalue weighted by molar-refractivity contribution is 7.10. The van der Waals surface area contributed by atoms with Crippen molar-refractivity contribution < 1.29 is 4.79 Å². The molecule has 1 aromatic heterocycles. The Kier molecular flexibility index (Phi) is 6.38. The highest BCUT2D eigenvalue weighted by atomic mass is 32.1. The standard InChI is InChI=1S/C26H22N2OS/c29-26(19-24-17-10-18-30-24)27-20-25(21-11-4-1-5-12-21)28(22-13-6-2-7-14-22)23-15-8-3-9-16-23/h1-18,20H,19H2,(H,27,29)/b25-20+. The predicted molar refractivity (Wildman–Crippen MR) is 126 cm³/mol. The number of amides is 1. The van der Waals surface area contributed by atoms with E-state index in [2.05, 4.69) is 46.6 Å². The number of para-hydroxylation sites is 2. The first kappa shape index (κ1) is 19.7. The smallest absolute Gasteiger partial charge is 0.229 e. The molecule has 0 saturated carbocycles. The first-order chi connectivity index (χ1) is 14.8. The molecule has 0 radical (unpaired) electrons. The molecule has 0 aliphatic rings. The summed E-state index contributed by atoms with van der Waals surface area (Å²) in [5.41, 5.74) is 3.95. The average molecular weight is 411 g/mol. The summed E-state index contributed by atoms with van der Waals surface area (Å²) in [6, 6.07) is 34.4. The van der Waals surface area contributed by atoms with Gasteiger partial charge in [0.05, 0.1) is 12.1 Å². The van der Waals surface area contributed by atoms with E-state index in [1.807, 2.05) is 78.3 Å². The third kappa shape index (κ3) is 4.85. The molecule has 0 spiro atoms. The molecule has 1 heterocycles. The maximum atomic E-state index is 12.6. The Hall–Kier alpha value is -3.63. The Morgan fingerprint density at radius 1 is 0.767 bits per heavy atom. The summed E-state index contributed by atoms with van der Waals surface area (Å²) in [5.74, 6) is -0.0352. The quantitative estimate of drug-likeness (QED) is 0.391. The third-order valence-electron chi connectivity index (χ3n) is 4.62. The monoisotopic (exact) mass is 410 g/mol. The predicted octanol–water partition coefficient (Wildman–Crippen LogP) is 6.24. The second kappa shape index (κ2) is 9.72. The van der Waals surface area contributed by atoms with Crippen LogP contribution in [0.5, 0.6) is 0 Å². The van der Waals surface area contributed by atoms with Gasteiger partial charge in [0, 0.05) is 22.5 Å². The van der Waals surface area contributed by atoms with Crippen molar-refractivity contribution in [3.8, 4) is 0 Å². The van der Waals surface area contributed by atoms with E-state index in [0.29, 0.717) is 6.42 Å². The topological polar surface area (TPSA) is 32.3 Å². The van der Waals surface area contributed by atoms with Crippen molar-refractivity contribution in [3.05, 3.63) is 125 Å². The van der Waals surface area contributed by atoms with Crippen LogP contribution in [-0.4, -0.2) is 5.91 Å². The molecular formula is C26H22N2OS. The maximum absolute atomic E-state index is 12.6. The van der Waals surface area contributed by atoms with Crippen LogP contribution in [0.3, 0.4) is 0 Å². The molecule has 148 valence electrons. The van der Waals surface area contributed by atoms with Gasteiger partial charge >= 0.3 is 0 Å². The minimum absolute atomic E-state index is 0.0352. The van der Waals surface area contributed by atoms with Crippen molar-refractivity contribution in [1.82, 2.24) is 5.32 Å². The Morgan fingerprint density at radius 3 is 1.87 bits per heavy atom. The fraction of sp³-hybridized carbons (Fsp3) is 0.0385. The number of carbonyl (C=O) groups excluding carboxylic acids is 1. The van der Waals surface area contributed by atoms with Gasteiger partial charge in [0.1, 0.15) is 0 Å². The summed E-state index contributed by atoms with van der Waals surface area (Å²) >= 11 is 1.59. The molecule has 0 aliphatic heterocycles. The Morgan fingerprint density at radius 2 is 1.33 bits per heavy atom. The van der Waals surface area contributed by atoms with Crippen molar-refractivity contribution in [1.29, 1.82) is 0 Å². The first-order valence-corrected chi connectivity index (χ1v) is 10.7. The second-order valence-corrected chi connectivity index (χ2v) is 7.76. The number of benzene rings is 3. The Balaban J connectivity index is 1.74. The zero-order valence-electron chi connectivity index (χ0n) is 16.4. The molecule has 4 heteroatoms. The number of rotatable bonds is 7. The number of anilines is 2. The number of nitrogens with zero attached hydrogens (tertiary/aromatic N) is 1. The summed E-state index contributed by atoms with van der Waals surface area (Å²) < 4.78 is 0. The highest BCUT2D eigenvalue weighted by Crippen LogP contribution is 2.34. The van der Waals surface area contributed by atoms with Gasteiger partial charge in [-0.3, -0.25) is 4.79 Å². The highest BCUT2D eigenvalue weighted by Gasteiger charge is 2.17. The SMILES string of the molecule is O=C(Cc1cccs1)N/C=C(\c1ccccc1)N(c1ccccc1)c1ccccc1. The van der Waals surface area contributed by atoms with Gasteiger partial charge in [0.25, 0.3) is 0 Å². The number of thiophene rings is 1. The molecule has 0 fully saturated rings. The first-order valence-electron chi connectivity index (χ1n) is 9.79. The average Bonchev–Trinajstić information content (AvgIpc) is 3.31. The van der Waals surface area contributed by atoms with Crippen LogP contribution < -0.4 is 10.2 Å². The summed E-state index contributed by atoms with van der Waals surface area (Å²) in [4.78, 5) is 15.8. The molecule has 0 bridgehead atoms. The minimum Gasteiger partial charge on any atom is -0.330 e. The maximum Gasteiger partial charge on any atom is 0.229 e. The molecule has 1 amide bonds. The van der Waals surface area contributed by atoms with Crippen LogP contribution in [0.15, 0.2) is 115 Å². The summed E-state index contributed by atoms with van der Waals surface area (Å²) in [6.45, 7) is 0. The van der Waals surface area contributed by atoms with Crippen LogP contribution in [0.4, 0.5) is 11.4 Å². The molecule has 3 aromatic carbocycles. The molecule has 0 saturated heterocycles. The van der Waals surface area contributed by atoms with Gasteiger partial charge in [-0.15, -0.1) is 11.3 Å². The van der Waals surface area contributed by atoms with Crippen LogP contribution in [0, 0.1) is 0 Å². The van der Waals surface area contributed by atoms with Crippen LogP contribution in [0.2, 0.25) is 0 Å². The van der Waals surface area contributed by atoms with Crippen molar-refractivity contribution >= 4 is 34.3 Å². The Bertz CT molecular complexity index is 1050. The zero-order chi connectivity index (χ0) is 20.6. The molecule has 0 aliphatic carbocycles. The minimum atomic E-state index is -0.0352. The lowest BCUT2D eigenvalue weighted by molar-refractivity contribution is -0.119. The van der Waals surface area contributed by atoms with Crippen LogP contribution in [0.25, 0.3) is 5.70 Å². The fourth-order valence-electron chi connectivity index (χ4n) is 3.24. The van der Waals surface area contributed by atoms with Crippen molar-refractivity contribution in [2.75, 3.05) is 4.90 Å². The van der Waals surface area contributed by atoms with Gasteiger partial charge < -0.3 is 10.2 Å². The van der Waals surface area contributed by atoms with Crippen molar-refractivity contribution in [3.63, 3.8) is 0 Å². The molecule has 0 unspecified atom stereocenters. The van der Waals surface area contributed by atoms with E-state index in [4.69, 9.17) is 0 Å². The van der Waals surface area contributed by atoms with E-state index in [9.17, 15) is 4.79 Å². The lowest BCUT2D eigenvalue weighted by Gasteiger charge is -2.28. The van der Waals surface area contributed by atoms with Crippen molar-refractivity contribution in [2.24, 2.45) is 0 Å². The summed E-state index contributed by atoms with van der Waals surface area (Å²) in [7, 11) is 0. The number of hydrogen-bond donors (Lipinski definition) is 1. The van der Waals surface area contributed by atoms with Gasteiger partial charge in [-0.2, -0.15) is 0 Å². The molecule has 4 aromatic rings. The Labute approximate surface area is 180 Å². The molecule has 3 nitrogen and oxygen atoms in total. The van der Waals surface area contributed by atoms with Gasteiger partial charge in [0.2, 0.25) is 5.91 Å². The van der Waals surface area contributed by atoms with E-state index in [0.717, 1.165) is 27.5 Å². The number of hydrogen-bond acceptors (Lipinski definition) is 3. The molecular weight excluding hydrogens is 388 g/mol. The van der Waals surface area contributed by atoms with E-state index in [1.165, 1.54) is 0 Å². The van der Waals surface area contributed by atoms with E-state index in [-0.39, 0.29) is 5.91 Å². The van der Waals surface area contributed by atoms with E-state index >= 15 is 0 Å². The lowest BCUT2D eigenvalue weighted by Crippen LogP contribution is -2.23. The van der Waals surface area contributed by atoms with E-state index < -0.39 is 0 Å². The molecule has 0 atom stereocenters. The fourth-order valence-corrected chi connectivity index (χ4v) is 3.94. The zero-order valence-corrected chi connectivity index (χ0v) is 17.3. The summed E-state index contributed by atoms with van der Waals surface area (Å²) in [6.07, 6.45) is 2.18.